The Morgan fingerprint density at radius 1 is 1.48 bits per heavy atom. The van der Waals surface area contributed by atoms with E-state index in [9.17, 15) is 14.7 Å². The zero-order chi connectivity index (χ0) is 16.8. The maximum absolute atomic E-state index is 12.3. The Morgan fingerprint density at radius 2 is 2.22 bits per heavy atom. The van der Waals surface area contributed by atoms with Gasteiger partial charge in [0.2, 0.25) is 0 Å². The lowest BCUT2D eigenvalue weighted by atomic mass is 9.89. The first-order chi connectivity index (χ1) is 10.8. The molecule has 0 aromatic carbocycles. The molecule has 23 heavy (non-hydrogen) atoms. The molecule has 122 valence electrons. The number of nitrogens with zero attached hydrogens (tertiary/aromatic N) is 2. The van der Waals surface area contributed by atoms with Crippen LogP contribution in [0.25, 0.3) is 0 Å². The van der Waals surface area contributed by atoms with Gasteiger partial charge < -0.3 is 20.0 Å². The Balaban J connectivity index is 2.13. The molecular weight excluding hydrogens is 298 g/mol. The van der Waals surface area contributed by atoms with Crippen molar-refractivity contribution in [1.82, 2.24) is 10.3 Å². The summed E-state index contributed by atoms with van der Waals surface area (Å²) in [7, 11) is 0. The highest BCUT2D eigenvalue weighted by Gasteiger charge is 2.42. The molecule has 0 saturated heterocycles. The molecular formula is C16H18N3O4-. The molecule has 3 rings (SSSR count). The van der Waals surface area contributed by atoms with E-state index in [4.69, 9.17) is 4.74 Å². The second-order valence-corrected chi connectivity index (χ2v) is 6.30. The van der Waals surface area contributed by atoms with Crippen LogP contribution in [0, 0.1) is 5.92 Å². The largest absolute Gasteiger partial charge is 0.545 e. The molecule has 2 aliphatic rings. The van der Waals surface area contributed by atoms with Crippen LogP contribution in [0.15, 0.2) is 11.1 Å². The molecule has 0 fully saturated rings. The fraction of sp³-hybridized carbons (Fsp3) is 0.500. The van der Waals surface area contributed by atoms with Crippen molar-refractivity contribution in [2.24, 2.45) is 10.9 Å². The summed E-state index contributed by atoms with van der Waals surface area (Å²) in [4.78, 5) is 32.6. The van der Waals surface area contributed by atoms with Gasteiger partial charge in [-0.2, -0.15) is 0 Å². The molecule has 1 amide bonds. The average molecular weight is 316 g/mol. The van der Waals surface area contributed by atoms with Crippen molar-refractivity contribution >= 4 is 17.7 Å². The third-order valence-corrected chi connectivity index (χ3v) is 4.54. The van der Waals surface area contributed by atoms with E-state index in [0.717, 1.165) is 11.3 Å². The number of nitrogens with one attached hydrogen (secondary N) is 1. The van der Waals surface area contributed by atoms with Gasteiger partial charge in [-0.05, 0) is 18.9 Å². The summed E-state index contributed by atoms with van der Waals surface area (Å²) >= 11 is 0. The van der Waals surface area contributed by atoms with Gasteiger partial charge in [0.05, 0.1) is 19.2 Å². The number of rotatable bonds is 3. The number of ether oxygens (including phenoxy) is 1. The number of aromatic nitrogens is 1. The van der Waals surface area contributed by atoms with E-state index in [1.54, 1.807) is 6.92 Å². The molecule has 2 aliphatic heterocycles. The topological polar surface area (TPSA) is 104 Å². The van der Waals surface area contributed by atoms with Crippen LogP contribution in [0.1, 0.15) is 48.1 Å². The lowest BCUT2D eigenvalue weighted by Crippen LogP contribution is -2.41. The van der Waals surface area contributed by atoms with Gasteiger partial charge in [-0.1, -0.05) is 13.8 Å². The smallest absolute Gasteiger partial charge is 0.253 e. The van der Waals surface area contributed by atoms with Crippen molar-refractivity contribution in [2.75, 3.05) is 6.61 Å². The number of aliphatic imine (C=N–C) groups is 1. The zero-order valence-corrected chi connectivity index (χ0v) is 13.3. The maximum atomic E-state index is 12.3. The van der Waals surface area contributed by atoms with E-state index in [1.807, 2.05) is 13.8 Å². The summed E-state index contributed by atoms with van der Waals surface area (Å²) in [5.41, 5.74) is 0.644. The standard InChI is InChI=1S/C16H19N3O4/c1-8(2)16(3)15(22)18-13(19-16)12-10(14(20)21)6-9-7-23-5-4-11(9)17-12/h6,8H,4-5,7H2,1-3H3,(H,20,21)(H,18,19,22)/p-1. The summed E-state index contributed by atoms with van der Waals surface area (Å²) in [6.45, 7) is 6.37. The number of fused-ring (bicyclic) bond motifs is 1. The number of carboxylic acids is 1. The fourth-order valence-electron chi connectivity index (χ4n) is 2.67. The highest BCUT2D eigenvalue weighted by molar-refractivity contribution is 6.17. The van der Waals surface area contributed by atoms with Crippen molar-refractivity contribution < 1.29 is 19.4 Å². The predicted molar refractivity (Wildman–Crippen MR) is 79.9 cm³/mol. The van der Waals surface area contributed by atoms with Crippen molar-refractivity contribution in [3.63, 3.8) is 0 Å². The lowest BCUT2D eigenvalue weighted by Gasteiger charge is -2.21. The van der Waals surface area contributed by atoms with E-state index in [2.05, 4.69) is 15.3 Å². The summed E-state index contributed by atoms with van der Waals surface area (Å²) < 4.78 is 5.32. The molecule has 1 aromatic heterocycles. The molecule has 1 aromatic rings. The Bertz CT molecular complexity index is 726. The summed E-state index contributed by atoms with van der Waals surface area (Å²) in [6, 6.07) is 1.51. The second kappa shape index (κ2) is 5.42. The Labute approximate surface area is 133 Å². The molecule has 1 N–H and O–H groups in total. The Hall–Kier alpha value is -2.28. The van der Waals surface area contributed by atoms with Gasteiger partial charge in [0, 0.05) is 23.2 Å². The van der Waals surface area contributed by atoms with Crippen LogP contribution in [-0.2, 0) is 22.6 Å². The quantitative estimate of drug-likeness (QED) is 0.832. The van der Waals surface area contributed by atoms with Crippen LogP contribution in [-0.4, -0.2) is 34.8 Å². The second-order valence-electron chi connectivity index (χ2n) is 6.30. The minimum atomic E-state index is -1.35. The minimum absolute atomic E-state index is 0.0302. The van der Waals surface area contributed by atoms with Crippen LogP contribution in [0.2, 0.25) is 0 Å². The number of carbonyl (C=O) groups is 2. The Kier molecular flexibility index (Phi) is 3.68. The molecule has 3 heterocycles. The van der Waals surface area contributed by atoms with E-state index in [1.165, 1.54) is 6.07 Å². The van der Waals surface area contributed by atoms with Gasteiger partial charge in [0.1, 0.15) is 11.2 Å². The van der Waals surface area contributed by atoms with E-state index >= 15 is 0 Å². The van der Waals surface area contributed by atoms with Crippen LogP contribution in [0.5, 0.6) is 0 Å². The average Bonchev–Trinajstić information content (AvgIpc) is 2.82. The van der Waals surface area contributed by atoms with E-state index in [-0.39, 0.29) is 28.9 Å². The number of pyridine rings is 1. The van der Waals surface area contributed by atoms with Crippen molar-refractivity contribution in [3.8, 4) is 0 Å². The molecule has 0 saturated carbocycles. The van der Waals surface area contributed by atoms with Gasteiger partial charge in [-0.25, -0.2) is 9.98 Å². The highest BCUT2D eigenvalue weighted by atomic mass is 16.5. The number of amidine groups is 1. The first-order valence-corrected chi connectivity index (χ1v) is 7.56. The molecule has 1 unspecified atom stereocenters. The predicted octanol–water partition coefficient (Wildman–Crippen LogP) is -0.191. The van der Waals surface area contributed by atoms with Gasteiger partial charge in [-0.3, -0.25) is 4.79 Å². The third kappa shape index (κ3) is 2.50. The number of carbonyl (C=O) groups excluding carboxylic acids is 2. The molecule has 0 spiro atoms. The van der Waals surface area contributed by atoms with Gasteiger partial charge in [-0.15, -0.1) is 0 Å². The van der Waals surface area contributed by atoms with Crippen molar-refractivity contribution in [2.45, 2.75) is 39.3 Å². The molecule has 7 nitrogen and oxygen atoms in total. The Morgan fingerprint density at radius 3 is 2.83 bits per heavy atom. The van der Waals surface area contributed by atoms with Crippen LogP contribution in [0.4, 0.5) is 0 Å². The van der Waals surface area contributed by atoms with Crippen molar-refractivity contribution in [3.05, 3.63) is 28.6 Å². The van der Waals surface area contributed by atoms with Crippen LogP contribution in [0.3, 0.4) is 0 Å². The monoisotopic (exact) mass is 316 g/mol. The number of hydrogen-bond donors (Lipinski definition) is 1. The minimum Gasteiger partial charge on any atom is -0.545 e. The lowest BCUT2D eigenvalue weighted by molar-refractivity contribution is -0.255. The summed E-state index contributed by atoms with van der Waals surface area (Å²) in [6.07, 6.45) is 0.596. The number of amides is 1. The fourth-order valence-corrected chi connectivity index (χ4v) is 2.67. The number of aromatic carboxylic acids is 1. The van der Waals surface area contributed by atoms with Crippen LogP contribution < -0.4 is 10.4 Å². The van der Waals surface area contributed by atoms with Crippen LogP contribution >= 0.6 is 0 Å². The first-order valence-electron chi connectivity index (χ1n) is 7.56. The number of hydrogen-bond acceptors (Lipinski definition) is 6. The molecule has 0 bridgehead atoms. The SMILES string of the molecule is CC(C)C1(C)N=C(c2nc3c(cc2C(=O)[O-])COCC3)NC1=O. The summed E-state index contributed by atoms with van der Waals surface area (Å²) in [5.74, 6) is -1.44. The molecule has 1 atom stereocenters. The zero-order valence-electron chi connectivity index (χ0n) is 13.3. The molecule has 7 heteroatoms. The summed E-state index contributed by atoms with van der Waals surface area (Å²) in [5, 5.41) is 14.2. The van der Waals surface area contributed by atoms with Gasteiger partial charge in [0.15, 0.2) is 5.84 Å². The normalized spacial score (nSPS) is 23.5. The molecule has 0 aliphatic carbocycles. The van der Waals surface area contributed by atoms with E-state index in [0.29, 0.717) is 19.6 Å². The van der Waals surface area contributed by atoms with Crippen molar-refractivity contribution in [1.29, 1.82) is 0 Å². The third-order valence-electron chi connectivity index (χ3n) is 4.54. The highest BCUT2D eigenvalue weighted by Crippen LogP contribution is 2.28. The maximum Gasteiger partial charge on any atom is 0.253 e. The van der Waals surface area contributed by atoms with Gasteiger partial charge >= 0.3 is 0 Å². The first kappa shape index (κ1) is 15.6. The molecule has 0 radical (unpaired) electrons. The van der Waals surface area contributed by atoms with Gasteiger partial charge in [0.25, 0.3) is 5.91 Å². The number of carboxylic acid groups (broad SMARTS) is 1. The van der Waals surface area contributed by atoms with E-state index < -0.39 is 11.5 Å².